The average Bonchev–Trinajstić information content (AvgIpc) is 3.26. The van der Waals surface area contributed by atoms with Crippen molar-refractivity contribution in [3.05, 3.63) is 41.7 Å². The van der Waals surface area contributed by atoms with Crippen molar-refractivity contribution in [3.63, 3.8) is 0 Å². The van der Waals surface area contributed by atoms with Gasteiger partial charge in [0.2, 0.25) is 0 Å². The Bertz CT molecular complexity index is 1000. The van der Waals surface area contributed by atoms with E-state index in [0.29, 0.717) is 11.0 Å². The van der Waals surface area contributed by atoms with Gasteiger partial charge < -0.3 is 4.74 Å². The fourth-order valence-electron chi connectivity index (χ4n) is 10.2. The standard InChI is InChI=1S/C35H53NO2/c1-7-25(19-23(2)3)20-24(4)30-12-13-31-29-11-10-27-21-28(38-33(37)26-9-8-18-36-22-26)14-16-34(27,5)32(29)15-17-35(30,31)6/h8-10,18,22-25,28-32H,7,11-17,19-21H2,1-6H3/t24-,25-,28+,29+,30-,31+,32+,34+,35-/m1/s1. The number of pyridine rings is 1. The normalized spacial score (nSPS) is 38.0. The van der Waals surface area contributed by atoms with Crippen LogP contribution in [0.25, 0.3) is 0 Å². The highest BCUT2D eigenvalue weighted by Crippen LogP contribution is 2.67. The number of fused-ring (bicyclic) bond motifs is 5. The summed E-state index contributed by atoms with van der Waals surface area (Å²) in [4.78, 5) is 16.8. The fraction of sp³-hybridized carbons (Fsp3) is 0.771. The second-order valence-corrected chi connectivity index (χ2v) is 14.6. The molecule has 1 heterocycles. The molecule has 3 saturated carbocycles. The smallest absolute Gasteiger partial charge is 0.339 e. The van der Waals surface area contributed by atoms with Gasteiger partial charge in [0.05, 0.1) is 5.56 Å². The van der Waals surface area contributed by atoms with Crippen LogP contribution in [-0.2, 0) is 4.74 Å². The summed E-state index contributed by atoms with van der Waals surface area (Å²) in [6.07, 6.45) is 20.1. The molecule has 0 radical (unpaired) electrons. The Morgan fingerprint density at radius 2 is 1.89 bits per heavy atom. The molecule has 0 aliphatic heterocycles. The van der Waals surface area contributed by atoms with Crippen LogP contribution in [0.1, 0.15) is 123 Å². The van der Waals surface area contributed by atoms with E-state index in [1.807, 2.05) is 0 Å². The zero-order valence-electron chi connectivity index (χ0n) is 25.0. The van der Waals surface area contributed by atoms with Gasteiger partial charge >= 0.3 is 5.97 Å². The van der Waals surface area contributed by atoms with E-state index in [9.17, 15) is 4.79 Å². The van der Waals surface area contributed by atoms with Gasteiger partial charge in [-0.1, -0.05) is 59.6 Å². The van der Waals surface area contributed by atoms with E-state index < -0.39 is 0 Å². The number of esters is 1. The number of hydrogen-bond donors (Lipinski definition) is 0. The zero-order chi connectivity index (χ0) is 27.1. The molecule has 0 amide bonds. The van der Waals surface area contributed by atoms with Crippen LogP contribution >= 0.6 is 0 Å². The highest BCUT2D eigenvalue weighted by atomic mass is 16.5. The summed E-state index contributed by atoms with van der Waals surface area (Å²) in [6.45, 7) is 15.1. The number of allylic oxidation sites excluding steroid dienone is 1. The molecular formula is C35H53NO2. The van der Waals surface area contributed by atoms with Crippen molar-refractivity contribution in [2.75, 3.05) is 0 Å². The van der Waals surface area contributed by atoms with Gasteiger partial charge in [-0.25, -0.2) is 4.79 Å². The predicted octanol–water partition coefficient (Wildman–Crippen LogP) is 9.28. The van der Waals surface area contributed by atoms with E-state index in [1.165, 1.54) is 51.4 Å². The maximum absolute atomic E-state index is 12.7. The van der Waals surface area contributed by atoms with E-state index >= 15 is 0 Å². The lowest BCUT2D eigenvalue weighted by Gasteiger charge is -2.58. The van der Waals surface area contributed by atoms with Crippen molar-refractivity contribution in [1.29, 1.82) is 0 Å². The monoisotopic (exact) mass is 519 g/mol. The van der Waals surface area contributed by atoms with Crippen LogP contribution < -0.4 is 0 Å². The highest BCUT2D eigenvalue weighted by molar-refractivity contribution is 5.89. The SMILES string of the molecule is CC[C@H](CC(C)C)C[C@@H](C)[C@H]1CC[C@H]2[C@@H]3CC=C4C[C@@H](OC(=O)c5cccnc5)CC[C@]4(C)[C@H]3CC[C@]12C. The first-order valence-corrected chi connectivity index (χ1v) is 16.0. The first-order valence-electron chi connectivity index (χ1n) is 16.0. The third-order valence-electron chi connectivity index (χ3n) is 12.1. The van der Waals surface area contributed by atoms with Crippen LogP contribution in [-0.4, -0.2) is 17.1 Å². The Labute approximate surface area is 232 Å². The number of aromatic nitrogens is 1. The van der Waals surface area contributed by atoms with Gasteiger partial charge in [-0.15, -0.1) is 0 Å². The van der Waals surface area contributed by atoms with Crippen molar-refractivity contribution in [2.45, 2.75) is 118 Å². The molecule has 0 N–H and O–H groups in total. The Balaban J connectivity index is 1.26. The van der Waals surface area contributed by atoms with Crippen LogP contribution in [0.4, 0.5) is 0 Å². The minimum Gasteiger partial charge on any atom is -0.458 e. The molecule has 0 unspecified atom stereocenters. The predicted molar refractivity (Wildman–Crippen MR) is 156 cm³/mol. The van der Waals surface area contributed by atoms with E-state index in [4.69, 9.17) is 4.74 Å². The molecule has 1 aromatic heterocycles. The van der Waals surface area contributed by atoms with E-state index in [0.717, 1.165) is 60.7 Å². The largest absolute Gasteiger partial charge is 0.458 e. The second-order valence-electron chi connectivity index (χ2n) is 14.6. The lowest BCUT2D eigenvalue weighted by atomic mass is 9.47. The molecule has 38 heavy (non-hydrogen) atoms. The van der Waals surface area contributed by atoms with Gasteiger partial charge in [0, 0.05) is 18.8 Å². The van der Waals surface area contributed by atoms with Crippen molar-refractivity contribution < 1.29 is 9.53 Å². The molecule has 4 aliphatic carbocycles. The lowest BCUT2D eigenvalue weighted by molar-refractivity contribution is -0.0602. The Hall–Kier alpha value is -1.64. The number of carbonyl (C=O) groups excluding carboxylic acids is 1. The Morgan fingerprint density at radius 3 is 2.61 bits per heavy atom. The minimum absolute atomic E-state index is 0.00139. The summed E-state index contributed by atoms with van der Waals surface area (Å²) < 4.78 is 5.98. The summed E-state index contributed by atoms with van der Waals surface area (Å²) >= 11 is 0. The summed E-state index contributed by atoms with van der Waals surface area (Å²) in [5.41, 5.74) is 2.95. The average molecular weight is 520 g/mol. The van der Waals surface area contributed by atoms with Crippen molar-refractivity contribution in [3.8, 4) is 0 Å². The number of carbonyl (C=O) groups is 1. The summed E-state index contributed by atoms with van der Waals surface area (Å²) in [5.74, 6) is 5.75. The van der Waals surface area contributed by atoms with Crippen LogP contribution in [0.15, 0.2) is 36.2 Å². The molecule has 0 bridgehead atoms. The minimum atomic E-state index is -0.223. The maximum Gasteiger partial charge on any atom is 0.339 e. The summed E-state index contributed by atoms with van der Waals surface area (Å²) in [6, 6.07) is 3.60. The van der Waals surface area contributed by atoms with Gasteiger partial charge in [-0.3, -0.25) is 4.98 Å². The molecule has 4 aliphatic rings. The van der Waals surface area contributed by atoms with Crippen LogP contribution in [0.2, 0.25) is 0 Å². The first-order chi connectivity index (χ1) is 18.2. The number of nitrogens with zero attached hydrogens (tertiary/aromatic N) is 1. The first kappa shape index (κ1) is 27.9. The molecule has 210 valence electrons. The number of hydrogen-bond acceptors (Lipinski definition) is 3. The third kappa shape index (κ3) is 5.13. The molecular weight excluding hydrogens is 466 g/mol. The van der Waals surface area contributed by atoms with Crippen molar-refractivity contribution in [1.82, 2.24) is 4.98 Å². The van der Waals surface area contributed by atoms with Crippen LogP contribution in [0, 0.1) is 52.3 Å². The van der Waals surface area contributed by atoms with E-state index in [-0.39, 0.29) is 17.5 Å². The van der Waals surface area contributed by atoms with Gasteiger partial charge in [0.25, 0.3) is 0 Å². The molecule has 3 nitrogen and oxygen atoms in total. The molecule has 9 atom stereocenters. The third-order valence-corrected chi connectivity index (χ3v) is 12.1. The summed E-state index contributed by atoms with van der Waals surface area (Å²) in [7, 11) is 0. The van der Waals surface area contributed by atoms with Gasteiger partial charge in [0.15, 0.2) is 0 Å². The molecule has 0 saturated heterocycles. The van der Waals surface area contributed by atoms with Gasteiger partial charge in [-0.05, 0) is 122 Å². The molecule has 3 fully saturated rings. The summed E-state index contributed by atoms with van der Waals surface area (Å²) in [5, 5.41) is 0. The highest BCUT2D eigenvalue weighted by Gasteiger charge is 2.59. The zero-order valence-corrected chi connectivity index (χ0v) is 25.0. The fourth-order valence-corrected chi connectivity index (χ4v) is 10.2. The van der Waals surface area contributed by atoms with Crippen molar-refractivity contribution >= 4 is 5.97 Å². The molecule has 1 aromatic rings. The molecule has 3 heteroatoms. The quantitative estimate of drug-likeness (QED) is 0.254. The molecule has 5 rings (SSSR count). The van der Waals surface area contributed by atoms with Crippen molar-refractivity contribution in [2.24, 2.45) is 52.3 Å². The lowest BCUT2D eigenvalue weighted by Crippen LogP contribution is -2.51. The Morgan fingerprint density at radius 1 is 1.08 bits per heavy atom. The number of rotatable bonds is 8. The van der Waals surface area contributed by atoms with Crippen LogP contribution in [0.5, 0.6) is 0 Å². The van der Waals surface area contributed by atoms with E-state index in [2.05, 4.69) is 52.6 Å². The second kappa shape index (κ2) is 11.1. The maximum atomic E-state index is 12.7. The topological polar surface area (TPSA) is 39.2 Å². The van der Waals surface area contributed by atoms with Crippen LogP contribution in [0.3, 0.4) is 0 Å². The van der Waals surface area contributed by atoms with E-state index in [1.54, 1.807) is 30.1 Å². The van der Waals surface area contributed by atoms with Gasteiger partial charge in [-0.2, -0.15) is 0 Å². The number of ether oxygens (including phenoxy) is 1. The Kier molecular flexibility index (Phi) is 8.14. The molecule has 0 spiro atoms. The molecule has 0 aromatic carbocycles. The van der Waals surface area contributed by atoms with Gasteiger partial charge in [0.1, 0.15) is 6.10 Å².